The van der Waals surface area contributed by atoms with Gasteiger partial charge in [-0.2, -0.15) is 0 Å². The summed E-state index contributed by atoms with van der Waals surface area (Å²) in [5.74, 6) is 0. The number of ether oxygens (including phenoxy) is 1. The molecule has 1 aliphatic rings. The number of nitrogens with zero attached hydrogens (tertiary/aromatic N) is 1. The highest BCUT2D eigenvalue weighted by molar-refractivity contribution is 14.1. The monoisotopic (exact) mass is 325 g/mol. The maximum atomic E-state index is 10.4. The van der Waals surface area contributed by atoms with Gasteiger partial charge in [0.05, 0.1) is 4.92 Å². The van der Waals surface area contributed by atoms with Crippen LogP contribution < -0.4 is 0 Å². The number of hydrogen-bond donors (Lipinski definition) is 1. The molecule has 0 saturated heterocycles. The summed E-state index contributed by atoms with van der Waals surface area (Å²) >= 11 is 1.98. The Labute approximate surface area is 98.9 Å². The van der Waals surface area contributed by atoms with Crippen molar-refractivity contribution in [2.24, 2.45) is 0 Å². The van der Waals surface area contributed by atoms with Crippen molar-refractivity contribution in [1.29, 1.82) is 0 Å². The van der Waals surface area contributed by atoms with Crippen LogP contribution in [0.5, 0.6) is 0 Å². The third kappa shape index (κ3) is 2.91. The summed E-state index contributed by atoms with van der Waals surface area (Å²) in [7, 11) is 0. The van der Waals surface area contributed by atoms with E-state index < -0.39 is 16.7 Å². The van der Waals surface area contributed by atoms with Crippen LogP contribution in [0.15, 0.2) is 23.9 Å². The molecule has 0 radical (unpaired) electrons. The first-order valence-electron chi connectivity index (χ1n) is 4.01. The fourth-order valence-corrected chi connectivity index (χ4v) is 1.88. The molecule has 1 unspecified atom stereocenters. The molecule has 6 nitrogen and oxygen atoms in total. The first-order valence-corrected chi connectivity index (χ1v) is 5.53. The lowest BCUT2D eigenvalue weighted by Crippen LogP contribution is -2.35. The summed E-state index contributed by atoms with van der Waals surface area (Å²) in [5.41, 5.74) is -1.00. The van der Waals surface area contributed by atoms with Gasteiger partial charge in [0.25, 0.3) is 5.70 Å². The molecule has 82 valence electrons. The molecule has 0 heterocycles. The second kappa shape index (κ2) is 4.60. The van der Waals surface area contributed by atoms with Gasteiger partial charge in [-0.25, -0.2) is 4.79 Å². The van der Waals surface area contributed by atoms with Gasteiger partial charge in [-0.05, 0) is 12.2 Å². The van der Waals surface area contributed by atoms with Gasteiger partial charge in [0.15, 0.2) is 0 Å². The minimum atomic E-state index is -1.38. The maximum Gasteiger partial charge on any atom is 0.506 e. The topological polar surface area (TPSA) is 89.7 Å². The largest absolute Gasteiger partial charge is 0.506 e. The summed E-state index contributed by atoms with van der Waals surface area (Å²) in [6.45, 7) is 0. The SMILES string of the molecule is O=C(O)OC1(CI)C=CC([N+](=O)[O-])=CC1. The van der Waals surface area contributed by atoms with E-state index in [0.29, 0.717) is 4.43 Å². The van der Waals surface area contributed by atoms with Crippen LogP contribution in [-0.2, 0) is 4.74 Å². The van der Waals surface area contributed by atoms with Crippen LogP contribution in [0.3, 0.4) is 0 Å². The van der Waals surface area contributed by atoms with E-state index in [1.165, 1.54) is 18.2 Å². The molecule has 0 bridgehead atoms. The second-order valence-corrected chi connectivity index (χ2v) is 3.75. The first-order chi connectivity index (χ1) is 6.99. The van der Waals surface area contributed by atoms with Crippen molar-refractivity contribution in [2.75, 3.05) is 4.43 Å². The first kappa shape index (κ1) is 12.0. The zero-order valence-electron chi connectivity index (χ0n) is 7.55. The van der Waals surface area contributed by atoms with E-state index in [9.17, 15) is 14.9 Å². The van der Waals surface area contributed by atoms with Crippen LogP contribution in [0.2, 0.25) is 0 Å². The van der Waals surface area contributed by atoms with Crippen LogP contribution >= 0.6 is 22.6 Å². The predicted molar refractivity (Wildman–Crippen MR) is 59.6 cm³/mol. The number of carbonyl (C=O) groups is 1. The number of alkyl halides is 1. The average Bonchev–Trinajstić information content (AvgIpc) is 2.17. The van der Waals surface area contributed by atoms with Crippen LogP contribution in [0.4, 0.5) is 4.79 Å². The highest BCUT2D eigenvalue weighted by Gasteiger charge is 2.33. The highest BCUT2D eigenvalue weighted by atomic mass is 127. The number of allylic oxidation sites excluding steroid dienone is 1. The molecule has 0 spiro atoms. The van der Waals surface area contributed by atoms with E-state index >= 15 is 0 Å². The number of halogens is 1. The van der Waals surface area contributed by atoms with E-state index in [0.717, 1.165) is 0 Å². The Morgan fingerprint density at radius 3 is 2.80 bits per heavy atom. The van der Waals surface area contributed by atoms with Gasteiger partial charge in [-0.3, -0.25) is 10.1 Å². The van der Waals surface area contributed by atoms with Crippen molar-refractivity contribution < 1.29 is 19.6 Å². The smallest absolute Gasteiger partial charge is 0.450 e. The Morgan fingerprint density at radius 1 is 1.80 bits per heavy atom. The highest BCUT2D eigenvalue weighted by Crippen LogP contribution is 2.27. The average molecular weight is 325 g/mol. The minimum Gasteiger partial charge on any atom is -0.450 e. The molecule has 0 aromatic heterocycles. The molecule has 0 aliphatic heterocycles. The lowest BCUT2D eigenvalue weighted by Gasteiger charge is -2.27. The third-order valence-corrected chi connectivity index (χ3v) is 3.23. The summed E-state index contributed by atoms with van der Waals surface area (Å²) in [6, 6.07) is 0. The molecule has 0 aromatic carbocycles. The van der Waals surface area contributed by atoms with Gasteiger partial charge in [0.1, 0.15) is 5.60 Å². The van der Waals surface area contributed by atoms with Gasteiger partial charge >= 0.3 is 6.16 Å². The van der Waals surface area contributed by atoms with Crippen molar-refractivity contribution >= 4 is 28.7 Å². The van der Waals surface area contributed by atoms with Gasteiger partial charge in [0.2, 0.25) is 0 Å². The molecule has 7 heteroatoms. The molecule has 0 aromatic rings. The molecular weight excluding hydrogens is 317 g/mol. The standard InChI is InChI=1S/C8H8INO5/c9-5-8(15-7(11)12)3-1-6(2-4-8)10(13)14/h1-3H,4-5H2,(H,11,12). The van der Waals surface area contributed by atoms with Crippen LogP contribution in [0.25, 0.3) is 0 Å². The number of carboxylic acid groups (broad SMARTS) is 1. The van der Waals surface area contributed by atoms with E-state index in [-0.39, 0.29) is 12.1 Å². The van der Waals surface area contributed by atoms with Crippen molar-refractivity contribution in [3.05, 3.63) is 34.0 Å². The molecule has 0 saturated carbocycles. The van der Waals surface area contributed by atoms with Crippen molar-refractivity contribution in [3.63, 3.8) is 0 Å². The number of nitro groups is 1. The van der Waals surface area contributed by atoms with E-state index in [2.05, 4.69) is 0 Å². The van der Waals surface area contributed by atoms with E-state index in [4.69, 9.17) is 9.84 Å². The summed E-state index contributed by atoms with van der Waals surface area (Å²) in [6.07, 6.45) is 2.86. The predicted octanol–water partition coefficient (Wildman–Crippen LogP) is 1.98. The van der Waals surface area contributed by atoms with E-state index in [1.807, 2.05) is 22.6 Å². The molecule has 1 N–H and O–H groups in total. The molecule has 0 fully saturated rings. The molecule has 1 aliphatic carbocycles. The molecule has 0 amide bonds. The molecular formula is C8H8INO5. The van der Waals surface area contributed by atoms with Gasteiger partial charge in [-0.15, -0.1) is 0 Å². The van der Waals surface area contributed by atoms with Gasteiger partial charge < -0.3 is 9.84 Å². The molecule has 1 rings (SSSR count). The van der Waals surface area contributed by atoms with Crippen LogP contribution in [-0.4, -0.2) is 26.2 Å². The minimum absolute atomic E-state index is 0.0375. The van der Waals surface area contributed by atoms with Crippen LogP contribution in [0, 0.1) is 10.1 Å². The van der Waals surface area contributed by atoms with Gasteiger partial charge in [-0.1, -0.05) is 22.6 Å². The number of hydrogen-bond acceptors (Lipinski definition) is 4. The Kier molecular flexibility index (Phi) is 3.66. The van der Waals surface area contributed by atoms with Crippen LogP contribution in [0.1, 0.15) is 6.42 Å². The lowest BCUT2D eigenvalue weighted by molar-refractivity contribution is -0.419. The third-order valence-electron chi connectivity index (χ3n) is 1.94. The van der Waals surface area contributed by atoms with Crippen molar-refractivity contribution in [2.45, 2.75) is 12.0 Å². The Hall–Kier alpha value is -1.12. The summed E-state index contributed by atoms with van der Waals surface area (Å²) in [4.78, 5) is 20.3. The Morgan fingerprint density at radius 2 is 2.47 bits per heavy atom. The van der Waals surface area contributed by atoms with Crippen molar-refractivity contribution in [3.8, 4) is 0 Å². The maximum absolute atomic E-state index is 10.4. The fourth-order valence-electron chi connectivity index (χ4n) is 1.16. The van der Waals surface area contributed by atoms with E-state index in [1.54, 1.807) is 0 Å². The Bertz CT molecular complexity index is 351. The van der Waals surface area contributed by atoms with Crippen molar-refractivity contribution in [1.82, 2.24) is 0 Å². The zero-order chi connectivity index (χ0) is 11.5. The number of rotatable bonds is 3. The zero-order valence-corrected chi connectivity index (χ0v) is 9.71. The normalized spacial score (nSPS) is 24.5. The second-order valence-electron chi connectivity index (χ2n) is 2.99. The quantitative estimate of drug-likeness (QED) is 0.282. The van der Waals surface area contributed by atoms with Gasteiger partial charge in [0, 0.05) is 16.9 Å². The Balaban J connectivity index is 2.80. The summed E-state index contributed by atoms with van der Waals surface area (Å²) in [5, 5.41) is 18.9. The lowest BCUT2D eigenvalue weighted by atomic mass is 9.96. The fraction of sp³-hybridized carbons (Fsp3) is 0.375. The molecule has 1 atom stereocenters. The summed E-state index contributed by atoms with van der Waals surface area (Å²) < 4.78 is 5.12. The molecule has 15 heavy (non-hydrogen) atoms.